The van der Waals surface area contributed by atoms with Crippen LogP contribution in [0.25, 0.3) is 0 Å². The van der Waals surface area contributed by atoms with Gasteiger partial charge in [-0.2, -0.15) is 22.5 Å². The van der Waals surface area contributed by atoms with Crippen LogP contribution in [-0.4, -0.2) is 33.5 Å². The third-order valence-electron chi connectivity index (χ3n) is 2.92. The lowest BCUT2D eigenvalue weighted by Gasteiger charge is -2.41. The first kappa shape index (κ1) is 13.1. The molecular weight excluding hydrogens is 291 g/mol. The van der Waals surface area contributed by atoms with Gasteiger partial charge in [-0.25, -0.2) is 0 Å². The normalized spacial score (nSPS) is 16.1. The average Bonchev–Trinajstić information content (AvgIpc) is 2.83. The number of anilines is 2. The van der Waals surface area contributed by atoms with Crippen molar-refractivity contribution in [3.63, 3.8) is 0 Å². The van der Waals surface area contributed by atoms with E-state index in [0.29, 0.717) is 13.1 Å². The highest BCUT2D eigenvalue weighted by Gasteiger charge is 2.36. The topological polar surface area (TPSA) is 53.9 Å². The predicted octanol–water partition coefficient (Wildman–Crippen LogP) is 2.25. The number of rotatable bonds is 3. The van der Waals surface area contributed by atoms with Gasteiger partial charge in [0, 0.05) is 42.7 Å². The maximum absolute atomic E-state index is 12.4. The van der Waals surface area contributed by atoms with E-state index in [1.165, 1.54) is 0 Å². The zero-order valence-electron chi connectivity index (χ0n) is 10.1. The van der Waals surface area contributed by atoms with Gasteiger partial charge in [0.1, 0.15) is 0 Å². The highest BCUT2D eigenvalue weighted by atomic mass is 32.1. The summed E-state index contributed by atoms with van der Waals surface area (Å²) in [4.78, 5) is 9.48. The Morgan fingerprint density at radius 3 is 2.55 bits per heavy atom. The number of pyridine rings is 1. The summed E-state index contributed by atoms with van der Waals surface area (Å²) in [5, 5.41) is 3.16. The van der Waals surface area contributed by atoms with Crippen LogP contribution in [0.5, 0.6) is 0 Å². The predicted molar refractivity (Wildman–Crippen MR) is 68.8 cm³/mol. The van der Waals surface area contributed by atoms with Crippen molar-refractivity contribution in [1.29, 1.82) is 0 Å². The second kappa shape index (κ2) is 4.89. The van der Waals surface area contributed by atoms with E-state index in [9.17, 15) is 13.2 Å². The van der Waals surface area contributed by atoms with E-state index in [4.69, 9.17) is 0 Å². The summed E-state index contributed by atoms with van der Waals surface area (Å²) in [6, 6.07) is 3.86. The molecule has 106 valence electrons. The first-order valence-corrected chi connectivity index (χ1v) is 6.62. The van der Waals surface area contributed by atoms with Gasteiger partial charge in [-0.15, -0.1) is 0 Å². The molecule has 2 aromatic heterocycles. The molecule has 1 aliphatic rings. The van der Waals surface area contributed by atoms with Gasteiger partial charge in [-0.1, -0.05) is 0 Å². The third kappa shape index (κ3) is 2.67. The van der Waals surface area contributed by atoms with Crippen molar-refractivity contribution in [1.82, 2.24) is 14.3 Å². The minimum atomic E-state index is -4.49. The van der Waals surface area contributed by atoms with Crippen LogP contribution in [0.4, 0.5) is 24.0 Å². The van der Waals surface area contributed by atoms with Crippen LogP contribution in [0.2, 0.25) is 0 Å². The molecule has 0 radical (unpaired) electrons. The van der Waals surface area contributed by atoms with E-state index in [-0.39, 0.29) is 11.2 Å². The van der Waals surface area contributed by atoms with Gasteiger partial charge in [0.2, 0.25) is 11.0 Å². The van der Waals surface area contributed by atoms with Crippen molar-refractivity contribution in [3.8, 4) is 0 Å². The molecule has 20 heavy (non-hydrogen) atoms. The monoisotopic (exact) mass is 301 g/mol. The van der Waals surface area contributed by atoms with E-state index in [2.05, 4.69) is 24.6 Å². The Hall–Kier alpha value is -1.90. The van der Waals surface area contributed by atoms with Crippen LogP contribution < -0.4 is 10.2 Å². The first-order chi connectivity index (χ1) is 9.52. The molecule has 0 aliphatic carbocycles. The molecule has 0 saturated carbocycles. The van der Waals surface area contributed by atoms with Crippen molar-refractivity contribution >= 4 is 22.4 Å². The third-order valence-corrected chi connectivity index (χ3v) is 3.56. The number of hydrogen-bond acceptors (Lipinski definition) is 6. The Labute approximate surface area is 116 Å². The van der Waals surface area contributed by atoms with Gasteiger partial charge in [-0.3, -0.25) is 4.98 Å². The molecule has 2 aromatic rings. The summed E-state index contributed by atoms with van der Waals surface area (Å²) in [5.74, 6) is -1.09. The molecule has 1 N–H and O–H groups in total. The van der Waals surface area contributed by atoms with Gasteiger partial charge in [-0.05, 0) is 12.1 Å². The van der Waals surface area contributed by atoms with E-state index < -0.39 is 12.0 Å². The molecule has 1 aliphatic heterocycles. The summed E-state index contributed by atoms with van der Waals surface area (Å²) < 4.78 is 40.4. The van der Waals surface area contributed by atoms with Gasteiger partial charge in [0.25, 0.3) is 0 Å². The van der Waals surface area contributed by atoms with Gasteiger partial charge < -0.3 is 10.2 Å². The fraction of sp³-hybridized carbons (Fsp3) is 0.364. The van der Waals surface area contributed by atoms with Gasteiger partial charge in [0.15, 0.2) is 0 Å². The smallest absolute Gasteiger partial charge is 0.367 e. The maximum Gasteiger partial charge on any atom is 0.452 e. The van der Waals surface area contributed by atoms with Crippen molar-refractivity contribution < 1.29 is 13.2 Å². The average molecular weight is 301 g/mol. The van der Waals surface area contributed by atoms with Crippen molar-refractivity contribution in [2.75, 3.05) is 23.3 Å². The van der Waals surface area contributed by atoms with E-state index >= 15 is 0 Å². The SMILES string of the molecule is FC(F)(F)c1nsc(NC2CN(c3ccncc3)C2)n1. The second-order valence-corrected chi connectivity index (χ2v) is 5.12. The molecule has 5 nitrogen and oxygen atoms in total. The standard InChI is InChI=1S/C11H10F3N5S/c12-11(13,14)9-17-10(20-18-9)16-7-5-19(6-7)8-1-3-15-4-2-8/h1-4,7H,5-6H2,(H,16,17,18). The Bertz CT molecular complexity index is 579. The summed E-state index contributed by atoms with van der Waals surface area (Å²) in [7, 11) is 0. The lowest BCUT2D eigenvalue weighted by Crippen LogP contribution is -2.54. The Morgan fingerprint density at radius 1 is 1.25 bits per heavy atom. The molecule has 0 aromatic carbocycles. The number of aromatic nitrogens is 3. The van der Waals surface area contributed by atoms with E-state index in [1.54, 1.807) is 12.4 Å². The Kier molecular flexibility index (Phi) is 3.20. The zero-order chi connectivity index (χ0) is 14.2. The minimum absolute atomic E-state index is 0.0807. The number of hydrogen-bond donors (Lipinski definition) is 1. The van der Waals surface area contributed by atoms with Crippen LogP contribution >= 0.6 is 11.5 Å². The summed E-state index contributed by atoms with van der Waals surface area (Å²) in [6.45, 7) is 1.43. The molecule has 0 amide bonds. The van der Waals surface area contributed by atoms with Crippen molar-refractivity contribution in [2.24, 2.45) is 0 Å². The zero-order valence-corrected chi connectivity index (χ0v) is 10.9. The van der Waals surface area contributed by atoms with Gasteiger partial charge in [0.05, 0.1) is 6.04 Å². The summed E-state index contributed by atoms with van der Waals surface area (Å²) >= 11 is 0.730. The molecular formula is C11H10F3N5S. The fourth-order valence-electron chi connectivity index (χ4n) is 1.91. The number of alkyl halides is 3. The molecule has 3 rings (SSSR count). The van der Waals surface area contributed by atoms with Gasteiger partial charge >= 0.3 is 6.18 Å². The van der Waals surface area contributed by atoms with Crippen LogP contribution in [-0.2, 0) is 6.18 Å². The lowest BCUT2D eigenvalue weighted by molar-refractivity contribution is -0.144. The molecule has 0 atom stereocenters. The molecule has 0 spiro atoms. The Morgan fingerprint density at radius 2 is 1.95 bits per heavy atom. The van der Waals surface area contributed by atoms with Crippen molar-refractivity contribution in [2.45, 2.75) is 12.2 Å². The van der Waals surface area contributed by atoms with Crippen LogP contribution in [0, 0.1) is 0 Å². The maximum atomic E-state index is 12.4. The van der Waals surface area contributed by atoms with E-state index in [1.807, 2.05) is 12.1 Å². The lowest BCUT2D eigenvalue weighted by atomic mass is 10.1. The largest absolute Gasteiger partial charge is 0.452 e. The fourth-order valence-corrected chi connectivity index (χ4v) is 2.57. The minimum Gasteiger partial charge on any atom is -0.367 e. The highest BCUT2D eigenvalue weighted by Crippen LogP contribution is 2.30. The molecule has 3 heterocycles. The summed E-state index contributed by atoms with van der Waals surface area (Å²) in [6.07, 6.45) is -1.08. The molecule has 0 bridgehead atoms. The molecule has 1 fully saturated rings. The molecule has 9 heteroatoms. The first-order valence-electron chi connectivity index (χ1n) is 5.85. The summed E-state index contributed by atoms with van der Waals surface area (Å²) in [5.41, 5.74) is 1.05. The number of halogens is 3. The van der Waals surface area contributed by atoms with Crippen LogP contribution in [0.3, 0.4) is 0 Å². The van der Waals surface area contributed by atoms with E-state index in [0.717, 1.165) is 17.2 Å². The molecule has 1 saturated heterocycles. The second-order valence-electron chi connectivity index (χ2n) is 4.37. The van der Waals surface area contributed by atoms with Crippen LogP contribution in [0.15, 0.2) is 24.5 Å². The van der Waals surface area contributed by atoms with Crippen LogP contribution in [0.1, 0.15) is 5.82 Å². The quantitative estimate of drug-likeness (QED) is 0.942. The highest BCUT2D eigenvalue weighted by molar-refractivity contribution is 7.09. The number of nitrogens with zero attached hydrogens (tertiary/aromatic N) is 4. The number of nitrogens with one attached hydrogen (secondary N) is 1. The molecule has 0 unspecified atom stereocenters. The van der Waals surface area contributed by atoms with Crippen molar-refractivity contribution in [3.05, 3.63) is 30.4 Å². The Balaban J connectivity index is 1.55.